The highest BCUT2D eigenvalue weighted by molar-refractivity contribution is 5.38. The quantitative estimate of drug-likeness (QED) is 0.533. The van der Waals surface area contributed by atoms with Crippen molar-refractivity contribution in [1.29, 1.82) is 0 Å². The fourth-order valence-electron chi connectivity index (χ4n) is 7.49. The van der Waals surface area contributed by atoms with E-state index in [0.29, 0.717) is 5.41 Å². The lowest BCUT2D eigenvalue weighted by molar-refractivity contribution is 0.0136. The molecule has 2 saturated carbocycles. The van der Waals surface area contributed by atoms with E-state index in [-0.39, 0.29) is 0 Å². The van der Waals surface area contributed by atoms with Crippen LogP contribution in [0.3, 0.4) is 0 Å². The minimum Gasteiger partial charge on any atom is -0.364 e. The van der Waals surface area contributed by atoms with E-state index in [9.17, 15) is 0 Å². The summed E-state index contributed by atoms with van der Waals surface area (Å²) in [6.07, 6.45) is 10.4. The van der Waals surface area contributed by atoms with E-state index in [1.165, 1.54) is 44.1 Å². The first-order valence-corrected chi connectivity index (χ1v) is 12.1. The Bertz CT molecular complexity index is 790. The molecule has 4 rings (SSSR count). The highest BCUT2D eigenvalue weighted by atomic mass is 14.9. The van der Waals surface area contributed by atoms with Crippen molar-refractivity contribution in [3.05, 3.63) is 59.4 Å². The molecule has 0 heterocycles. The van der Waals surface area contributed by atoms with Crippen molar-refractivity contribution in [2.24, 2.45) is 29.1 Å². The van der Waals surface area contributed by atoms with Crippen molar-refractivity contribution >= 4 is 0 Å². The molecule has 0 bridgehead atoms. The maximum atomic E-state index is 4.25. The Labute approximate surface area is 179 Å². The van der Waals surface area contributed by atoms with E-state index < -0.39 is 0 Å². The lowest BCUT2D eigenvalue weighted by Gasteiger charge is -2.52. The first-order chi connectivity index (χ1) is 13.8. The smallest absolute Gasteiger partial charge is 0.00755 e. The number of allylic oxidation sites excluding steroid dienone is 2. The summed E-state index contributed by atoms with van der Waals surface area (Å²) in [6, 6.07) is 7.41. The Morgan fingerprint density at radius 2 is 2.03 bits per heavy atom. The molecule has 1 aromatic rings. The Kier molecular flexibility index (Phi) is 5.70. The van der Waals surface area contributed by atoms with Crippen LogP contribution >= 0.6 is 0 Å². The van der Waals surface area contributed by atoms with Crippen LogP contribution < -0.4 is 5.32 Å². The molecular weight excluding hydrogens is 350 g/mol. The van der Waals surface area contributed by atoms with Crippen LogP contribution in [0.1, 0.15) is 88.8 Å². The zero-order valence-corrected chi connectivity index (χ0v) is 19.2. The second-order valence-electron chi connectivity index (χ2n) is 10.7. The van der Waals surface area contributed by atoms with Gasteiger partial charge in [-0.1, -0.05) is 52.1 Å². The van der Waals surface area contributed by atoms with Gasteiger partial charge in [0.15, 0.2) is 0 Å². The minimum atomic E-state index is 0.538. The zero-order valence-electron chi connectivity index (χ0n) is 19.2. The Balaban J connectivity index is 1.56. The summed E-state index contributed by atoms with van der Waals surface area (Å²) in [5.74, 6) is 4.26. The van der Waals surface area contributed by atoms with Gasteiger partial charge in [0.05, 0.1) is 0 Å². The Morgan fingerprint density at radius 1 is 1.24 bits per heavy atom. The topological polar surface area (TPSA) is 12.0 Å². The minimum absolute atomic E-state index is 0.538. The van der Waals surface area contributed by atoms with Crippen molar-refractivity contribution < 1.29 is 0 Å². The number of aryl methyl sites for hydroxylation is 2. The third-order valence-electron chi connectivity index (χ3n) is 8.99. The number of nitrogens with one attached hydrogen (secondary N) is 1. The number of rotatable bonds is 6. The first-order valence-electron chi connectivity index (χ1n) is 12.1. The van der Waals surface area contributed by atoms with Crippen molar-refractivity contribution in [3.63, 3.8) is 0 Å². The molecule has 0 amide bonds. The third-order valence-corrected chi connectivity index (χ3v) is 8.99. The van der Waals surface area contributed by atoms with E-state index in [4.69, 9.17) is 0 Å². The average Bonchev–Trinajstić information content (AvgIpc) is 2.95. The van der Waals surface area contributed by atoms with Gasteiger partial charge in [0.2, 0.25) is 0 Å². The Morgan fingerprint density at radius 3 is 2.76 bits per heavy atom. The van der Waals surface area contributed by atoms with Gasteiger partial charge in [-0.05, 0) is 110 Å². The van der Waals surface area contributed by atoms with Crippen LogP contribution in [0.5, 0.6) is 0 Å². The van der Waals surface area contributed by atoms with Crippen molar-refractivity contribution in [2.45, 2.75) is 85.0 Å². The van der Waals surface area contributed by atoms with Gasteiger partial charge >= 0.3 is 0 Å². The number of hydrogen-bond donors (Lipinski definition) is 1. The molecule has 0 spiro atoms. The summed E-state index contributed by atoms with van der Waals surface area (Å²) >= 11 is 0. The van der Waals surface area contributed by atoms with E-state index in [0.717, 1.165) is 53.8 Å². The molecule has 0 aromatic heterocycles. The van der Waals surface area contributed by atoms with E-state index >= 15 is 0 Å². The second-order valence-corrected chi connectivity index (χ2v) is 10.7. The summed E-state index contributed by atoms with van der Waals surface area (Å²) in [5, 5.41) is 3.35. The molecule has 1 heteroatoms. The second kappa shape index (κ2) is 7.97. The van der Waals surface area contributed by atoms with Crippen molar-refractivity contribution in [3.8, 4) is 0 Å². The van der Waals surface area contributed by atoms with Crippen molar-refractivity contribution in [2.75, 3.05) is 0 Å². The molecule has 2 fully saturated rings. The number of fused-ring (bicyclic) bond motifs is 5. The third kappa shape index (κ3) is 3.71. The maximum absolute atomic E-state index is 4.25. The van der Waals surface area contributed by atoms with Gasteiger partial charge in [-0.3, -0.25) is 0 Å². The molecule has 29 heavy (non-hydrogen) atoms. The predicted molar refractivity (Wildman–Crippen MR) is 125 cm³/mol. The van der Waals surface area contributed by atoms with Crippen LogP contribution in [0.4, 0.5) is 0 Å². The Hall–Kier alpha value is -1.50. The van der Waals surface area contributed by atoms with Gasteiger partial charge in [0, 0.05) is 11.4 Å². The first kappa shape index (κ1) is 20.8. The summed E-state index contributed by atoms with van der Waals surface area (Å²) in [6.45, 7) is 17.7. The van der Waals surface area contributed by atoms with Crippen LogP contribution in [0.15, 0.2) is 42.8 Å². The molecule has 158 valence electrons. The molecule has 1 aromatic carbocycles. The van der Waals surface area contributed by atoms with Gasteiger partial charge in [-0.2, -0.15) is 0 Å². The van der Waals surface area contributed by atoms with E-state index in [1.54, 1.807) is 11.1 Å². The molecule has 1 N–H and O–H groups in total. The van der Waals surface area contributed by atoms with Crippen molar-refractivity contribution in [1.82, 2.24) is 5.32 Å². The van der Waals surface area contributed by atoms with Gasteiger partial charge in [-0.15, -0.1) is 0 Å². The maximum Gasteiger partial charge on any atom is 0.00755 e. The van der Waals surface area contributed by atoms with Crippen LogP contribution in [0, 0.1) is 29.1 Å². The average molecular weight is 392 g/mol. The fraction of sp³-hybridized carbons (Fsp3) is 0.643. The lowest BCUT2D eigenvalue weighted by atomic mass is 9.53. The van der Waals surface area contributed by atoms with Gasteiger partial charge in [-0.25, -0.2) is 0 Å². The fourth-order valence-corrected chi connectivity index (χ4v) is 7.49. The van der Waals surface area contributed by atoms with E-state index in [1.807, 2.05) is 6.92 Å². The highest BCUT2D eigenvalue weighted by Gasteiger charge is 2.56. The number of hydrogen-bond acceptors (Lipinski definition) is 1. The van der Waals surface area contributed by atoms with Crippen LogP contribution in [-0.2, 0) is 12.8 Å². The molecule has 3 aliphatic rings. The van der Waals surface area contributed by atoms with Crippen LogP contribution in [-0.4, -0.2) is 0 Å². The molecular formula is C28H41N. The SMILES string of the molecule is C=C(C)NC(=C)CCC1CC(C)C2(C)CCC3c4ccc(CC)cc4CCC3C12. The number of benzene rings is 1. The molecule has 6 atom stereocenters. The summed E-state index contributed by atoms with van der Waals surface area (Å²) in [4.78, 5) is 0. The summed E-state index contributed by atoms with van der Waals surface area (Å²) in [7, 11) is 0. The molecule has 6 unspecified atom stereocenters. The standard InChI is InChI=1S/C28H41N/c1-7-21-9-12-24-22(17-21)11-13-26-25(24)14-15-28(6)19(4)16-23(27(26)28)10-8-20(5)29-18(2)3/h9,12,17,19,23,25-27,29H,2,5,7-8,10-11,13-16H2,1,3-4,6H3. The highest BCUT2D eigenvalue weighted by Crippen LogP contribution is 2.65. The lowest BCUT2D eigenvalue weighted by Crippen LogP contribution is -2.43. The molecule has 1 nitrogen and oxygen atoms in total. The normalized spacial score (nSPS) is 35.4. The molecule has 0 radical (unpaired) electrons. The monoisotopic (exact) mass is 391 g/mol. The largest absolute Gasteiger partial charge is 0.364 e. The van der Waals surface area contributed by atoms with Crippen LogP contribution in [0.25, 0.3) is 0 Å². The molecule has 0 aliphatic heterocycles. The molecule has 3 aliphatic carbocycles. The van der Waals surface area contributed by atoms with Crippen LogP contribution in [0.2, 0.25) is 0 Å². The zero-order chi connectivity index (χ0) is 20.8. The van der Waals surface area contributed by atoms with Gasteiger partial charge in [0.25, 0.3) is 0 Å². The van der Waals surface area contributed by atoms with Gasteiger partial charge in [0.1, 0.15) is 0 Å². The van der Waals surface area contributed by atoms with Gasteiger partial charge < -0.3 is 5.32 Å². The summed E-state index contributed by atoms with van der Waals surface area (Å²) in [5.41, 5.74) is 7.57. The van der Waals surface area contributed by atoms with E-state index in [2.05, 4.69) is 57.4 Å². The molecule has 0 saturated heterocycles. The summed E-state index contributed by atoms with van der Waals surface area (Å²) < 4.78 is 0. The predicted octanol–water partition coefficient (Wildman–Crippen LogP) is 7.38.